The summed E-state index contributed by atoms with van der Waals surface area (Å²) in [6.07, 6.45) is 1.11. The van der Waals surface area contributed by atoms with Gasteiger partial charge >= 0.3 is 0 Å². The molecule has 0 aliphatic rings. The van der Waals surface area contributed by atoms with E-state index in [1.165, 1.54) is 24.3 Å². The minimum Gasteiger partial charge on any atom is -0.256 e. The molecule has 0 saturated heterocycles. The van der Waals surface area contributed by atoms with Crippen molar-refractivity contribution in [2.24, 2.45) is 4.99 Å². The van der Waals surface area contributed by atoms with Gasteiger partial charge in [-0.2, -0.15) is 0 Å². The summed E-state index contributed by atoms with van der Waals surface area (Å²) in [6.45, 7) is 0. The molecule has 0 unspecified atom stereocenters. The highest BCUT2D eigenvalue weighted by molar-refractivity contribution is 6.33. The predicted octanol–water partition coefficient (Wildman–Crippen LogP) is 4.51. The van der Waals surface area contributed by atoms with Gasteiger partial charge in [0.25, 0.3) is 0 Å². The van der Waals surface area contributed by atoms with Crippen LogP contribution in [0.1, 0.15) is 5.56 Å². The van der Waals surface area contributed by atoms with E-state index in [4.69, 9.17) is 11.6 Å². The molecule has 0 fully saturated rings. The molecule has 0 heterocycles. The van der Waals surface area contributed by atoms with Gasteiger partial charge in [-0.1, -0.05) is 11.6 Å². The van der Waals surface area contributed by atoms with Crippen molar-refractivity contribution >= 4 is 23.5 Å². The largest absolute Gasteiger partial charge is 0.256 e. The number of hydrogen-bond donors (Lipinski definition) is 0. The predicted molar refractivity (Wildman–Crippen MR) is 65.0 cm³/mol. The highest BCUT2D eigenvalue weighted by Gasteiger charge is 2.09. The average Bonchev–Trinajstić information content (AvgIpc) is 2.36. The molecule has 2 aromatic rings. The number of aliphatic imine (C=N–C) groups is 1. The third kappa shape index (κ3) is 2.71. The molecule has 0 bridgehead atoms. The van der Waals surface area contributed by atoms with Crippen LogP contribution in [0.5, 0.6) is 0 Å². The van der Waals surface area contributed by atoms with Crippen molar-refractivity contribution in [3.8, 4) is 0 Å². The molecule has 2 aromatic carbocycles. The third-order valence-corrected chi connectivity index (χ3v) is 2.63. The smallest absolute Gasteiger partial charge is 0.142 e. The van der Waals surface area contributed by atoms with Gasteiger partial charge in [-0.05, 0) is 36.4 Å². The fourth-order valence-electron chi connectivity index (χ4n) is 1.33. The van der Waals surface area contributed by atoms with Crippen LogP contribution in [0.25, 0.3) is 0 Å². The maximum atomic E-state index is 13.4. The summed E-state index contributed by atoms with van der Waals surface area (Å²) in [5.41, 5.74) is 0.275. The lowest BCUT2D eigenvalue weighted by molar-refractivity contribution is 0.599. The lowest BCUT2D eigenvalue weighted by Gasteiger charge is -2.01. The van der Waals surface area contributed by atoms with Gasteiger partial charge in [-0.3, -0.25) is 4.99 Å². The number of hydrogen-bond acceptors (Lipinski definition) is 1. The molecule has 0 aliphatic carbocycles. The number of benzene rings is 2. The molecular weight excluding hydrogens is 263 g/mol. The lowest BCUT2D eigenvalue weighted by Crippen LogP contribution is -1.92. The molecule has 0 radical (unpaired) electrons. The van der Waals surface area contributed by atoms with Crippen LogP contribution in [0.2, 0.25) is 5.02 Å². The second-order valence-corrected chi connectivity index (χ2v) is 3.87. The molecule has 2 rings (SSSR count). The van der Waals surface area contributed by atoms with E-state index in [1.807, 2.05) is 0 Å². The minimum atomic E-state index is -0.723. The molecule has 5 heteroatoms. The molecule has 18 heavy (non-hydrogen) atoms. The highest BCUT2D eigenvalue weighted by atomic mass is 35.5. The topological polar surface area (TPSA) is 12.4 Å². The fraction of sp³-hybridized carbons (Fsp3) is 0. The Labute approximate surface area is 107 Å². The Kier molecular flexibility index (Phi) is 3.67. The van der Waals surface area contributed by atoms with Crippen LogP contribution in [0.3, 0.4) is 0 Å². The van der Waals surface area contributed by atoms with Crippen LogP contribution in [0.4, 0.5) is 18.9 Å². The number of halogens is 4. The summed E-state index contributed by atoms with van der Waals surface area (Å²) in [5, 5.41) is -0.333. The van der Waals surface area contributed by atoms with Gasteiger partial charge in [-0.15, -0.1) is 0 Å². The van der Waals surface area contributed by atoms with Crippen molar-refractivity contribution in [1.29, 1.82) is 0 Å². The lowest BCUT2D eigenvalue weighted by atomic mass is 10.2. The molecule has 92 valence electrons. The Hall–Kier alpha value is -1.81. The van der Waals surface area contributed by atoms with Crippen LogP contribution >= 0.6 is 11.6 Å². The first-order valence-corrected chi connectivity index (χ1v) is 5.39. The van der Waals surface area contributed by atoms with Crippen LogP contribution < -0.4 is 0 Å². The minimum absolute atomic E-state index is 0.138. The molecule has 0 aliphatic heterocycles. The Morgan fingerprint density at radius 3 is 2.17 bits per heavy atom. The first-order chi connectivity index (χ1) is 8.58. The second-order valence-electron chi connectivity index (χ2n) is 3.49. The summed E-state index contributed by atoms with van der Waals surface area (Å²) in [6, 6.07) is 7.17. The maximum Gasteiger partial charge on any atom is 0.142 e. The molecule has 0 N–H and O–H groups in total. The summed E-state index contributed by atoms with van der Waals surface area (Å²) in [4.78, 5) is 3.90. The molecule has 0 aromatic heterocycles. The average molecular weight is 270 g/mol. The van der Waals surface area contributed by atoms with Crippen molar-refractivity contribution in [1.82, 2.24) is 0 Å². The van der Waals surface area contributed by atoms with E-state index in [-0.39, 0.29) is 10.6 Å². The summed E-state index contributed by atoms with van der Waals surface area (Å²) < 4.78 is 39.2. The van der Waals surface area contributed by atoms with E-state index in [0.29, 0.717) is 5.69 Å². The van der Waals surface area contributed by atoms with Crippen molar-refractivity contribution in [2.45, 2.75) is 0 Å². The standard InChI is InChI=1S/C13H7ClF3N/c14-13-10(11(16)5-6-12(13)17)7-18-9-3-1-8(15)2-4-9/h1-7H. The Balaban J connectivity index is 2.34. The molecule has 0 atom stereocenters. The summed E-state index contributed by atoms with van der Waals surface area (Å²) in [5.74, 6) is -1.80. The summed E-state index contributed by atoms with van der Waals surface area (Å²) in [7, 11) is 0. The normalized spacial score (nSPS) is 11.1. The van der Waals surface area contributed by atoms with Gasteiger partial charge in [0.2, 0.25) is 0 Å². The van der Waals surface area contributed by atoms with E-state index >= 15 is 0 Å². The van der Waals surface area contributed by atoms with Crippen molar-refractivity contribution < 1.29 is 13.2 Å². The van der Waals surface area contributed by atoms with E-state index in [9.17, 15) is 13.2 Å². The van der Waals surface area contributed by atoms with Crippen LogP contribution in [0, 0.1) is 17.5 Å². The molecule has 0 amide bonds. The van der Waals surface area contributed by atoms with E-state index < -0.39 is 17.5 Å². The molecule has 0 spiro atoms. The van der Waals surface area contributed by atoms with E-state index in [0.717, 1.165) is 18.3 Å². The zero-order chi connectivity index (χ0) is 13.1. The van der Waals surface area contributed by atoms with Gasteiger partial charge < -0.3 is 0 Å². The van der Waals surface area contributed by atoms with Crippen LogP contribution in [-0.4, -0.2) is 6.21 Å². The van der Waals surface area contributed by atoms with Crippen molar-refractivity contribution in [3.05, 3.63) is 64.4 Å². The maximum absolute atomic E-state index is 13.4. The quantitative estimate of drug-likeness (QED) is 0.562. The van der Waals surface area contributed by atoms with Gasteiger partial charge in [0.1, 0.15) is 17.5 Å². The molecule has 1 nitrogen and oxygen atoms in total. The molecule has 0 saturated carbocycles. The van der Waals surface area contributed by atoms with E-state index in [2.05, 4.69) is 4.99 Å². The van der Waals surface area contributed by atoms with Crippen LogP contribution in [-0.2, 0) is 0 Å². The van der Waals surface area contributed by atoms with Crippen LogP contribution in [0.15, 0.2) is 41.4 Å². The van der Waals surface area contributed by atoms with Crippen molar-refractivity contribution in [2.75, 3.05) is 0 Å². The summed E-state index contributed by atoms with van der Waals surface area (Å²) >= 11 is 5.62. The number of nitrogens with zero attached hydrogens (tertiary/aromatic N) is 1. The highest BCUT2D eigenvalue weighted by Crippen LogP contribution is 2.22. The van der Waals surface area contributed by atoms with E-state index in [1.54, 1.807) is 0 Å². The molecular formula is C13H7ClF3N. The van der Waals surface area contributed by atoms with Crippen molar-refractivity contribution in [3.63, 3.8) is 0 Å². The Morgan fingerprint density at radius 2 is 1.50 bits per heavy atom. The Bertz CT molecular complexity index is 594. The third-order valence-electron chi connectivity index (χ3n) is 2.25. The fourth-order valence-corrected chi connectivity index (χ4v) is 1.53. The monoisotopic (exact) mass is 269 g/mol. The first-order valence-electron chi connectivity index (χ1n) is 5.01. The number of rotatable bonds is 2. The van der Waals surface area contributed by atoms with Gasteiger partial charge in [0, 0.05) is 6.21 Å². The SMILES string of the molecule is Fc1ccc(N=Cc2c(F)ccc(F)c2Cl)cc1. The van der Waals surface area contributed by atoms with Gasteiger partial charge in [0.05, 0.1) is 16.3 Å². The zero-order valence-electron chi connectivity index (χ0n) is 9.00. The van der Waals surface area contributed by atoms with Gasteiger partial charge in [0.15, 0.2) is 0 Å². The zero-order valence-corrected chi connectivity index (χ0v) is 9.76. The second kappa shape index (κ2) is 5.23. The Morgan fingerprint density at radius 1 is 0.889 bits per heavy atom. The van der Waals surface area contributed by atoms with Gasteiger partial charge in [-0.25, -0.2) is 13.2 Å². The first kappa shape index (κ1) is 12.6.